The van der Waals surface area contributed by atoms with Gasteiger partial charge >= 0.3 is 0 Å². The highest BCUT2D eigenvalue weighted by Gasteiger charge is 2.41. The molecule has 4 rings (SSSR count). The number of thiophene rings is 1. The molecule has 0 aliphatic heterocycles. The molecule has 0 atom stereocenters. The molecule has 20 heavy (non-hydrogen) atoms. The minimum absolute atomic E-state index is 0.859. The zero-order valence-electron chi connectivity index (χ0n) is 12.3. The average Bonchev–Trinajstić information content (AvgIpc) is 3.32. The summed E-state index contributed by atoms with van der Waals surface area (Å²) in [6.07, 6.45) is 8.76. The summed E-state index contributed by atoms with van der Waals surface area (Å²) in [6, 6.07) is 4.01. The minimum Gasteiger partial charge on any atom is -0.312 e. The van der Waals surface area contributed by atoms with E-state index in [0.717, 1.165) is 30.5 Å². The van der Waals surface area contributed by atoms with Gasteiger partial charge < -0.3 is 5.32 Å². The standard InChI is InChI=1S/C17H26N2S/c1-2-14(1)17(15-3-4-15)18-8-9-19(16-5-6-16)11-13-7-10-20-12-13/h7,10,12,14-18H,1-6,8-9,11H2. The van der Waals surface area contributed by atoms with E-state index in [1.165, 1.54) is 57.2 Å². The number of hydrogen-bond donors (Lipinski definition) is 1. The lowest BCUT2D eigenvalue weighted by molar-refractivity contribution is 0.246. The van der Waals surface area contributed by atoms with Crippen LogP contribution in [-0.4, -0.2) is 30.1 Å². The van der Waals surface area contributed by atoms with Crippen LogP contribution in [0, 0.1) is 11.8 Å². The zero-order valence-corrected chi connectivity index (χ0v) is 13.1. The van der Waals surface area contributed by atoms with E-state index in [-0.39, 0.29) is 0 Å². The van der Waals surface area contributed by atoms with Gasteiger partial charge in [0.2, 0.25) is 0 Å². The fourth-order valence-corrected chi connectivity index (χ4v) is 4.11. The van der Waals surface area contributed by atoms with E-state index in [1.807, 2.05) is 11.3 Å². The average molecular weight is 290 g/mol. The molecule has 0 unspecified atom stereocenters. The molecule has 3 fully saturated rings. The van der Waals surface area contributed by atoms with Crippen molar-refractivity contribution in [2.75, 3.05) is 13.1 Å². The van der Waals surface area contributed by atoms with Crippen molar-refractivity contribution in [3.05, 3.63) is 22.4 Å². The highest BCUT2D eigenvalue weighted by molar-refractivity contribution is 7.07. The van der Waals surface area contributed by atoms with E-state index in [2.05, 4.69) is 27.0 Å². The first-order chi connectivity index (χ1) is 9.90. The monoisotopic (exact) mass is 290 g/mol. The van der Waals surface area contributed by atoms with E-state index >= 15 is 0 Å². The van der Waals surface area contributed by atoms with Crippen LogP contribution < -0.4 is 5.32 Å². The first-order valence-electron chi connectivity index (χ1n) is 8.38. The van der Waals surface area contributed by atoms with E-state index < -0.39 is 0 Å². The Morgan fingerprint density at radius 1 is 1.15 bits per heavy atom. The Bertz CT molecular complexity index is 406. The summed E-state index contributed by atoms with van der Waals surface area (Å²) >= 11 is 1.82. The second kappa shape index (κ2) is 5.78. The van der Waals surface area contributed by atoms with E-state index in [4.69, 9.17) is 0 Å². The van der Waals surface area contributed by atoms with Gasteiger partial charge in [0, 0.05) is 31.7 Å². The van der Waals surface area contributed by atoms with Crippen LogP contribution in [0.5, 0.6) is 0 Å². The lowest BCUT2D eigenvalue weighted by Crippen LogP contribution is -2.40. The molecule has 1 aromatic rings. The molecule has 0 saturated heterocycles. The molecule has 0 aromatic carbocycles. The van der Waals surface area contributed by atoms with Crippen LogP contribution in [0.4, 0.5) is 0 Å². The Hall–Kier alpha value is -0.380. The van der Waals surface area contributed by atoms with Gasteiger partial charge in [0.15, 0.2) is 0 Å². The maximum absolute atomic E-state index is 3.90. The molecular formula is C17H26N2S. The molecule has 110 valence electrons. The molecule has 3 aliphatic rings. The Morgan fingerprint density at radius 2 is 1.90 bits per heavy atom. The lowest BCUT2D eigenvalue weighted by Gasteiger charge is -2.24. The van der Waals surface area contributed by atoms with E-state index in [1.54, 1.807) is 0 Å². The van der Waals surface area contributed by atoms with Crippen molar-refractivity contribution in [1.82, 2.24) is 10.2 Å². The smallest absolute Gasteiger partial charge is 0.0245 e. The molecule has 3 heteroatoms. The van der Waals surface area contributed by atoms with Crippen molar-refractivity contribution in [2.45, 2.75) is 57.2 Å². The quantitative estimate of drug-likeness (QED) is 0.749. The maximum atomic E-state index is 3.90. The van der Waals surface area contributed by atoms with Crippen molar-refractivity contribution in [3.63, 3.8) is 0 Å². The summed E-state index contributed by atoms with van der Waals surface area (Å²) in [6.45, 7) is 3.59. The maximum Gasteiger partial charge on any atom is 0.0245 e. The van der Waals surface area contributed by atoms with Crippen molar-refractivity contribution in [3.8, 4) is 0 Å². The predicted molar refractivity (Wildman–Crippen MR) is 85.0 cm³/mol. The predicted octanol–water partition coefficient (Wildman–Crippen LogP) is 3.49. The Balaban J connectivity index is 1.25. The van der Waals surface area contributed by atoms with Gasteiger partial charge in [-0.3, -0.25) is 4.90 Å². The third kappa shape index (κ3) is 3.44. The number of rotatable bonds is 9. The summed E-state index contributed by atoms with van der Waals surface area (Å²) in [7, 11) is 0. The molecule has 2 nitrogen and oxygen atoms in total. The molecule has 0 radical (unpaired) electrons. The lowest BCUT2D eigenvalue weighted by atomic mass is 10.1. The van der Waals surface area contributed by atoms with Crippen LogP contribution in [0.25, 0.3) is 0 Å². The van der Waals surface area contributed by atoms with Gasteiger partial charge in [0.05, 0.1) is 0 Å². The van der Waals surface area contributed by atoms with Crippen LogP contribution in [0.3, 0.4) is 0 Å². The summed E-state index contributed by atoms with van der Waals surface area (Å²) in [5.41, 5.74) is 1.50. The second-order valence-corrected chi connectivity index (χ2v) is 7.77. The second-order valence-electron chi connectivity index (χ2n) is 6.99. The molecule has 0 bridgehead atoms. The first kappa shape index (κ1) is 13.3. The Morgan fingerprint density at radius 3 is 2.45 bits per heavy atom. The summed E-state index contributed by atoms with van der Waals surface area (Å²) in [5, 5.41) is 8.41. The largest absolute Gasteiger partial charge is 0.312 e. The minimum atomic E-state index is 0.859. The third-order valence-electron chi connectivity index (χ3n) is 5.07. The molecule has 0 spiro atoms. The van der Waals surface area contributed by atoms with E-state index in [0.29, 0.717) is 0 Å². The highest BCUT2D eigenvalue weighted by Crippen LogP contribution is 2.44. The summed E-state index contributed by atoms with van der Waals surface area (Å²) in [5.74, 6) is 2.04. The van der Waals surface area contributed by atoms with Gasteiger partial charge in [-0.05, 0) is 72.8 Å². The van der Waals surface area contributed by atoms with Gasteiger partial charge in [0.25, 0.3) is 0 Å². The normalized spacial score (nSPS) is 22.9. The zero-order chi connectivity index (χ0) is 13.4. The highest BCUT2D eigenvalue weighted by atomic mass is 32.1. The number of hydrogen-bond acceptors (Lipinski definition) is 3. The fourth-order valence-electron chi connectivity index (χ4n) is 3.45. The first-order valence-corrected chi connectivity index (χ1v) is 9.33. The topological polar surface area (TPSA) is 15.3 Å². The van der Waals surface area contributed by atoms with Crippen LogP contribution in [0.15, 0.2) is 16.8 Å². The third-order valence-corrected chi connectivity index (χ3v) is 5.80. The van der Waals surface area contributed by atoms with Crippen LogP contribution >= 0.6 is 11.3 Å². The molecular weight excluding hydrogens is 264 g/mol. The molecule has 1 aromatic heterocycles. The SMILES string of the molecule is c1cc(CN(CCNC(C2CC2)C2CC2)C2CC2)cs1. The molecule has 1 heterocycles. The van der Waals surface area contributed by atoms with Crippen molar-refractivity contribution < 1.29 is 0 Å². The van der Waals surface area contributed by atoms with Crippen molar-refractivity contribution in [2.24, 2.45) is 11.8 Å². The van der Waals surface area contributed by atoms with Crippen LogP contribution in [0.1, 0.15) is 44.1 Å². The number of nitrogens with one attached hydrogen (secondary N) is 1. The Labute approximate surface area is 126 Å². The summed E-state index contributed by atoms with van der Waals surface area (Å²) < 4.78 is 0. The van der Waals surface area contributed by atoms with Gasteiger partial charge in [-0.25, -0.2) is 0 Å². The Kier molecular flexibility index (Phi) is 3.84. The molecule has 3 saturated carbocycles. The van der Waals surface area contributed by atoms with E-state index in [9.17, 15) is 0 Å². The number of nitrogens with zero attached hydrogens (tertiary/aromatic N) is 1. The van der Waals surface area contributed by atoms with Crippen LogP contribution in [0.2, 0.25) is 0 Å². The fraction of sp³-hybridized carbons (Fsp3) is 0.765. The van der Waals surface area contributed by atoms with Gasteiger partial charge in [-0.2, -0.15) is 11.3 Å². The van der Waals surface area contributed by atoms with Gasteiger partial charge in [-0.15, -0.1) is 0 Å². The molecule has 0 amide bonds. The van der Waals surface area contributed by atoms with Gasteiger partial charge in [-0.1, -0.05) is 0 Å². The van der Waals surface area contributed by atoms with Gasteiger partial charge in [0.1, 0.15) is 0 Å². The van der Waals surface area contributed by atoms with Crippen molar-refractivity contribution in [1.29, 1.82) is 0 Å². The molecule has 3 aliphatic carbocycles. The van der Waals surface area contributed by atoms with Crippen molar-refractivity contribution >= 4 is 11.3 Å². The van der Waals surface area contributed by atoms with Crippen LogP contribution in [-0.2, 0) is 6.54 Å². The summed E-state index contributed by atoms with van der Waals surface area (Å²) in [4.78, 5) is 2.70. The molecule has 1 N–H and O–H groups in total.